The molecule has 0 aliphatic heterocycles. The quantitative estimate of drug-likeness (QED) is 0.400. The minimum absolute atomic E-state index is 0.0564. The normalized spacial score (nSPS) is 10.0. The van der Waals surface area contributed by atoms with E-state index >= 15 is 0 Å². The number of phenols is 2. The fourth-order valence-electron chi connectivity index (χ4n) is 1.19. The molecule has 0 atom stereocenters. The highest BCUT2D eigenvalue weighted by atomic mass is 16.5. The molecular weight excluding hydrogens is 198 g/mol. The summed E-state index contributed by atoms with van der Waals surface area (Å²) in [5, 5.41) is 18.9. The molecule has 4 N–H and O–H groups in total. The molecule has 0 radical (unpaired) electrons. The number of phenolic OH excluding ortho intramolecular Hbond substituents is 2. The van der Waals surface area contributed by atoms with Crippen molar-refractivity contribution in [3.05, 3.63) is 6.07 Å². The number of rotatable bonds is 4. The number of benzene rings is 1. The summed E-state index contributed by atoms with van der Waals surface area (Å²) in [7, 11) is 0. The van der Waals surface area contributed by atoms with E-state index in [0.29, 0.717) is 19.0 Å². The average Bonchev–Trinajstić information content (AvgIpc) is 2.21. The van der Waals surface area contributed by atoms with Crippen LogP contribution < -0.4 is 15.2 Å². The second-order valence-electron chi connectivity index (χ2n) is 2.85. The Morgan fingerprint density at radius 1 is 1.20 bits per heavy atom. The van der Waals surface area contributed by atoms with Gasteiger partial charge in [-0.15, -0.1) is 0 Å². The second-order valence-corrected chi connectivity index (χ2v) is 2.85. The first-order chi connectivity index (χ1) is 7.11. The summed E-state index contributed by atoms with van der Waals surface area (Å²) < 4.78 is 10.3. The van der Waals surface area contributed by atoms with E-state index in [-0.39, 0.29) is 22.9 Å². The predicted octanol–water partition coefficient (Wildman–Crippen LogP) is 1.48. The molecule has 1 rings (SSSR count). The zero-order chi connectivity index (χ0) is 11.4. The highest BCUT2D eigenvalue weighted by molar-refractivity contribution is 5.72. The maximum absolute atomic E-state index is 9.49. The lowest BCUT2D eigenvalue weighted by molar-refractivity contribution is 0.300. The standard InChI is InChI=1S/C10H15NO4/c1-3-14-7-5-6(12)9(13)10(8(7)11)15-4-2/h5,12-13H,3-4,11H2,1-2H3. The van der Waals surface area contributed by atoms with E-state index in [2.05, 4.69) is 0 Å². The SMILES string of the molecule is CCOc1cc(O)c(O)c(OCC)c1N. The Bertz CT molecular complexity index is 352. The van der Waals surface area contributed by atoms with Gasteiger partial charge >= 0.3 is 0 Å². The maximum atomic E-state index is 9.49. The number of anilines is 1. The van der Waals surface area contributed by atoms with Crippen LogP contribution in [0.4, 0.5) is 5.69 Å². The molecule has 0 fully saturated rings. The molecule has 0 amide bonds. The van der Waals surface area contributed by atoms with Crippen molar-refractivity contribution in [2.24, 2.45) is 0 Å². The van der Waals surface area contributed by atoms with Crippen LogP contribution in [0.25, 0.3) is 0 Å². The maximum Gasteiger partial charge on any atom is 0.203 e. The minimum Gasteiger partial charge on any atom is -0.504 e. The molecule has 0 spiro atoms. The Morgan fingerprint density at radius 3 is 2.33 bits per heavy atom. The number of ether oxygens (including phenoxy) is 2. The smallest absolute Gasteiger partial charge is 0.203 e. The van der Waals surface area contributed by atoms with Gasteiger partial charge in [0.15, 0.2) is 11.5 Å². The Balaban J connectivity index is 3.22. The third kappa shape index (κ3) is 2.18. The molecule has 5 nitrogen and oxygen atoms in total. The predicted molar refractivity (Wildman–Crippen MR) is 56.5 cm³/mol. The second kappa shape index (κ2) is 4.63. The molecule has 15 heavy (non-hydrogen) atoms. The zero-order valence-electron chi connectivity index (χ0n) is 8.78. The van der Waals surface area contributed by atoms with Gasteiger partial charge in [-0.2, -0.15) is 0 Å². The molecule has 0 aliphatic rings. The monoisotopic (exact) mass is 213 g/mol. The first-order valence-corrected chi connectivity index (χ1v) is 4.71. The number of nitrogen functional groups attached to an aromatic ring is 1. The third-order valence-corrected chi connectivity index (χ3v) is 1.82. The summed E-state index contributed by atoms with van der Waals surface area (Å²) in [5.74, 6) is -0.314. The first kappa shape index (κ1) is 11.3. The fraction of sp³-hybridized carbons (Fsp3) is 0.400. The third-order valence-electron chi connectivity index (χ3n) is 1.82. The largest absolute Gasteiger partial charge is 0.504 e. The summed E-state index contributed by atoms with van der Waals surface area (Å²) in [5.41, 5.74) is 5.89. The average molecular weight is 213 g/mol. The van der Waals surface area contributed by atoms with Crippen molar-refractivity contribution >= 4 is 5.69 Å². The van der Waals surface area contributed by atoms with Gasteiger partial charge in [0.1, 0.15) is 11.4 Å². The van der Waals surface area contributed by atoms with Crippen LogP contribution in [0, 0.1) is 0 Å². The Kier molecular flexibility index (Phi) is 3.49. The number of hydrogen-bond acceptors (Lipinski definition) is 5. The lowest BCUT2D eigenvalue weighted by Crippen LogP contribution is -2.01. The highest BCUT2D eigenvalue weighted by Gasteiger charge is 2.17. The van der Waals surface area contributed by atoms with Gasteiger partial charge in [0, 0.05) is 6.07 Å². The summed E-state index contributed by atoms with van der Waals surface area (Å²) in [6.07, 6.45) is 0. The van der Waals surface area contributed by atoms with Gasteiger partial charge in [0.25, 0.3) is 0 Å². The fourth-order valence-corrected chi connectivity index (χ4v) is 1.19. The number of aromatic hydroxyl groups is 2. The van der Waals surface area contributed by atoms with Crippen molar-refractivity contribution in [2.45, 2.75) is 13.8 Å². The molecule has 84 valence electrons. The van der Waals surface area contributed by atoms with E-state index in [9.17, 15) is 10.2 Å². The van der Waals surface area contributed by atoms with E-state index in [4.69, 9.17) is 15.2 Å². The molecule has 1 aromatic rings. The van der Waals surface area contributed by atoms with Gasteiger partial charge < -0.3 is 25.4 Å². The number of hydrogen-bond donors (Lipinski definition) is 3. The molecule has 0 saturated carbocycles. The Hall–Kier alpha value is -1.78. The molecule has 0 unspecified atom stereocenters. The van der Waals surface area contributed by atoms with Crippen LogP contribution in [0.1, 0.15) is 13.8 Å². The summed E-state index contributed by atoms with van der Waals surface area (Å²) in [6.45, 7) is 4.31. The Labute approximate surface area is 88.0 Å². The molecule has 0 bridgehead atoms. The molecule has 5 heteroatoms. The Morgan fingerprint density at radius 2 is 1.80 bits per heavy atom. The lowest BCUT2D eigenvalue weighted by atomic mass is 10.2. The van der Waals surface area contributed by atoms with Crippen molar-refractivity contribution < 1.29 is 19.7 Å². The van der Waals surface area contributed by atoms with E-state index < -0.39 is 0 Å². The van der Waals surface area contributed by atoms with Gasteiger partial charge in [-0.1, -0.05) is 0 Å². The summed E-state index contributed by atoms with van der Waals surface area (Å²) in [4.78, 5) is 0. The van der Waals surface area contributed by atoms with Crippen molar-refractivity contribution in [1.29, 1.82) is 0 Å². The summed E-state index contributed by atoms with van der Waals surface area (Å²) in [6, 6.07) is 1.26. The van der Waals surface area contributed by atoms with Crippen LogP contribution >= 0.6 is 0 Å². The molecule has 0 aromatic heterocycles. The van der Waals surface area contributed by atoms with Gasteiger partial charge in [-0.05, 0) is 13.8 Å². The van der Waals surface area contributed by atoms with Crippen molar-refractivity contribution in [2.75, 3.05) is 18.9 Å². The van der Waals surface area contributed by atoms with E-state index in [1.807, 2.05) is 0 Å². The van der Waals surface area contributed by atoms with Gasteiger partial charge in [0.2, 0.25) is 5.75 Å². The molecule has 0 heterocycles. The molecule has 0 saturated heterocycles. The van der Waals surface area contributed by atoms with Crippen LogP contribution in [0.3, 0.4) is 0 Å². The first-order valence-electron chi connectivity index (χ1n) is 4.71. The van der Waals surface area contributed by atoms with Crippen LogP contribution in [0.15, 0.2) is 6.07 Å². The van der Waals surface area contributed by atoms with Crippen LogP contribution in [0.5, 0.6) is 23.0 Å². The van der Waals surface area contributed by atoms with E-state index in [0.717, 1.165) is 0 Å². The molecule has 0 aliphatic carbocycles. The van der Waals surface area contributed by atoms with Gasteiger partial charge in [0.05, 0.1) is 13.2 Å². The van der Waals surface area contributed by atoms with Crippen molar-refractivity contribution in [1.82, 2.24) is 0 Å². The zero-order valence-corrected chi connectivity index (χ0v) is 8.78. The van der Waals surface area contributed by atoms with Crippen molar-refractivity contribution in [3.8, 4) is 23.0 Å². The van der Waals surface area contributed by atoms with Crippen molar-refractivity contribution in [3.63, 3.8) is 0 Å². The van der Waals surface area contributed by atoms with Crippen LogP contribution in [-0.2, 0) is 0 Å². The molecular formula is C10H15NO4. The summed E-state index contributed by atoms with van der Waals surface area (Å²) >= 11 is 0. The topological polar surface area (TPSA) is 84.9 Å². The van der Waals surface area contributed by atoms with Gasteiger partial charge in [-0.3, -0.25) is 0 Å². The molecule has 1 aromatic carbocycles. The van der Waals surface area contributed by atoms with E-state index in [1.165, 1.54) is 6.07 Å². The van der Waals surface area contributed by atoms with Crippen LogP contribution in [0.2, 0.25) is 0 Å². The van der Waals surface area contributed by atoms with Gasteiger partial charge in [-0.25, -0.2) is 0 Å². The van der Waals surface area contributed by atoms with Crippen LogP contribution in [-0.4, -0.2) is 23.4 Å². The number of nitrogens with two attached hydrogens (primary N) is 1. The lowest BCUT2D eigenvalue weighted by Gasteiger charge is -2.14. The minimum atomic E-state index is -0.363. The van der Waals surface area contributed by atoms with E-state index in [1.54, 1.807) is 13.8 Å². The highest BCUT2D eigenvalue weighted by Crippen LogP contribution is 2.45.